The maximum atomic E-state index is 12.3. The molecule has 1 aromatic carbocycles. The van der Waals surface area contributed by atoms with Gasteiger partial charge in [0.15, 0.2) is 0 Å². The Hall–Kier alpha value is -1.88. The quantitative estimate of drug-likeness (QED) is 0.862. The fraction of sp³-hybridized carbons (Fsp3) is 0.600. The van der Waals surface area contributed by atoms with Crippen LogP contribution >= 0.6 is 0 Å². The molecule has 0 radical (unpaired) electrons. The normalized spacial score (nSPS) is 25.8. The molecular formula is C20H28N2O3. The summed E-state index contributed by atoms with van der Waals surface area (Å²) in [6.07, 6.45) is 5.14. The monoisotopic (exact) mass is 344 g/mol. The van der Waals surface area contributed by atoms with E-state index < -0.39 is 5.60 Å². The molecule has 2 amide bonds. The Kier molecular flexibility index (Phi) is 5.42. The van der Waals surface area contributed by atoms with E-state index in [1.165, 1.54) is 0 Å². The van der Waals surface area contributed by atoms with Crippen LogP contribution in [0.2, 0.25) is 0 Å². The van der Waals surface area contributed by atoms with Gasteiger partial charge in [-0.1, -0.05) is 49.6 Å². The second kappa shape index (κ2) is 7.56. The molecule has 1 aromatic rings. The number of carbonyl (C=O) groups is 2. The van der Waals surface area contributed by atoms with Crippen LogP contribution in [0.3, 0.4) is 0 Å². The third-order valence-corrected chi connectivity index (χ3v) is 5.67. The van der Waals surface area contributed by atoms with Crippen molar-refractivity contribution in [2.75, 3.05) is 13.6 Å². The summed E-state index contributed by atoms with van der Waals surface area (Å²) in [5.74, 6) is 0.0575. The van der Waals surface area contributed by atoms with Crippen LogP contribution in [0.4, 0.5) is 0 Å². The molecule has 2 atom stereocenters. The molecular weight excluding hydrogens is 316 g/mol. The van der Waals surface area contributed by atoms with Crippen molar-refractivity contribution in [2.45, 2.75) is 56.6 Å². The number of rotatable bonds is 5. The van der Waals surface area contributed by atoms with Gasteiger partial charge in [0, 0.05) is 25.9 Å². The van der Waals surface area contributed by atoms with E-state index in [-0.39, 0.29) is 30.2 Å². The van der Waals surface area contributed by atoms with Crippen molar-refractivity contribution in [2.24, 2.45) is 5.92 Å². The highest BCUT2D eigenvalue weighted by Gasteiger charge is 2.39. The first-order valence-electron chi connectivity index (χ1n) is 9.28. The number of carbonyl (C=O) groups excluding carboxylic acids is 2. The lowest BCUT2D eigenvalue weighted by molar-refractivity contribution is -0.128. The van der Waals surface area contributed by atoms with Crippen molar-refractivity contribution in [3.63, 3.8) is 0 Å². The molecule has 3 rings (SSSR count). The molecule has 1 aliphatic heterocycles. The van der Waals surface area contributed by atoms with Gasteiger partial charge in [0.25, 0.3) is 0 Å². The standard InChI is InChI=1S/C20H28N2O3/c1-22-18(24)12-16(19(22)15-8-4-2-5-9-15)14-21-17(23)13-20(25)10-6-3-7-11-20/h2,4-5,8-9,16,19,25H,3,6-7,10-14H2,1H3,(H,21,23). The first kappa shape index (κ1) is 17.9. The molecule has 5 heteroatoms. The zero-order valence-electron chi connectivity index (χ0n) is 14.9. The van der Waals surface area contributed by atoms with Gasteiger partial charge >= 0.3 is 0 Å². The molecule has 2 aliphatic rings. The lowest BCUT2D eigenvalue weighted by atomic mass is 9.82. The van der Waals surface area contributed by atoms with Crippen LogP contribution in [0.25, 0.3) is 0 Å². The van der Waals surface area contributed by atoms with Gasteiger partial charge in [-0.15, -0.1) is 0 Å². The van der Waals surface area contributed by atoms with Gasteiger partial charge in [-0.2, -0.15) is 0 Å². The lowest BCUT2D eigenvalue weighted by Gasteiger charge is -2.31. The SMILES string of the molecule is CN1C(=O)CC(CNC(=O)CC2(O)CCCCC2)C1c1ccccc1. The lowest BCUT2D eigenvalue weighted by Crippen LogP contribution is -2.40. The molecule has 1 aliphatic carbocycles. The Morgan fingerprint density at radius 3 is 2.60 bits per heavy atom. The average molecular weight is 344 g/mol. The molecule has 1 heterocycles. The maximum Gasteiger partial charge on any atom is 0.223 e. The fourth-order valence-corrected chi connectivity index (χ4v) is 4.27. The number of amides is 2. The van der Waals surface area contributed by atoms with Crippen molar-refractivity contribution in [3.05, 3.63) is 35.9 Å². The zero-order valence-corrected chi connectivity index (χ0v) is 14.9. The first-order valence-corrected chi connectivity index (χ1v) is 9.28. The van der Waals surface area contributed by atoms with Gasteiger partial charge in [0.2, 0.25) is 11.8 Å². The Balaban J connectivity index is 1.59. The van der Waals surface area contributed by atoms with Crippen LogP contribution in [0, 0.1) is 5.92 Å². The fourth-order valence-electron chi connectivity index (χ4n) is 4.27. The smallest absolute Gasteiger partial charge is 0.223 e. The van der Waals surface area contributed by atoms with Crippen molar-refractivity contribution >= 4 is 11.8 Å². The molecule has 1 saturated heterocycles. The van der Waals surface area contributed by atoms with E-state index in [1.807, 2.05) is 37.4 Å². The molecule has 2 unspecified atom stereocenters. The minimum Gasteiger partial charge on any atom is -0.389 e. The number of likely N-dealkylation sites (tertiary alicyclic amines) is 1. The summed E-state index contributed by atoms with van der Waals surface area (Å²) in [5, 5.41) is 13.5. The summed E-state index contributed by atoms with van der Waals surface area (Å²) in [4.78, 5) is 26.2. The summed E-state index contributed by atoms with van der Waals surface area (Å²) in [6.45, 7) is 0.463. The molecule has 136 valence electrons. The van der Waals surface area contributed by atoms with Crippen LogP contribution < -0.4 is 5.32 Å². The first-order chi connectivity index (χ1) is 12.0. The van der Waals surface area contributed by atoms with Crippen LogP contribution in [-0.4, -0.2) is 41.0 Å². The van der Waals surface area contributed by atoms with Crippen LogP contribution in [-0.2, 0) is 9.59 Å². The highest BCUT2D eigenvalue weighted by Crippen LogP contribution is 2.36. The Bertz CT molecular complexity index is 611. The molecule has 0 aromatic heterocycles. The molecule has 1 saturated carbocycles. The number of nitrogens with zero attached hydrogens (tertiary/aromatic N) is 1. The summed E-state index contributed by atoms with van der Waals surface area (Å²) < 4.78 is 0. The maximum absolute atomic E-state index is 12.3. The van der Waals surface area contributed by atoms with Gasteiger partial charge in [0.05, 0.1) is 18.1 Å². The molecule has 0 bridgehead atoms. The second-order valence-electron chi connectivity index (χ2n) is 7.59. The van der Waals surface area contributed by atoms with E-state index in [4.69, 9.17) is 0 Å². The highest BCUT2D eigenvalue weighted by molar-refractivity contribution is 5.80. The molecule has 2 fully saturated rings. The van der Waals surface area contributed by atoms with Crippen molar-refractivity contribution in [3.8, 4) is 0 Å². The zero-order chi connectivity index (χ0) is 17.9. The van der Waals surface area contributed by atoms with E-state index in [2.05, 4.69) is 5.32 Å². The summed E-state index contributed by atoms with van der Waals surface area (Å²) in [6, 6.07) is 9.95. The number of aliphatic hydroxyl groups is 1. The Morgan fingerprint density at radius 1 is 1.24 bits per heavy atom. The molecule has 0 spiro atoms. The Morgan fingerprint density at radius 2 is 1.92 bits per heavy atom. The van der Waals surface area contributed by atoms with Gasteiger partial charge in [-0.05, 0) is 18.4 Å². The summed E-state index contributed by atoms with van der Waals surface area (Å²) in [5.41, 5.74) is 0.254. The highest BCUT2D eigenvalue weighted by atomic mass is 16.3. The largest absolute Gasteiger partial charge is 0.389 e. The molecule has 2 N–H and O–H groups in total. The minimum absolute atomic E-state index is 0.00762. The van der Waals surface area contributed by atoms with E-state index in [0.717, 1.165) is 24.8 Å². The van der Waals surface area contributed by atoms with E-state index in [1.54, 1.807) is 4.90 Å². The number of benzene rings is 1. The van der Waals surface area contributed by atoms with Gasteiger partial charge in [0.1, 0.15) is 0 Å². The molecule has 5 nitrogen and oxygen atoms in total. The van der Waals surface area contributed by atoms with E-state index in [9.17, 15) is 14.7 Å². The number of nitrogens with one attached hydrogen (secondary N) is 1. The van der Waals surface area contributed by atoms with E-state index in [0.29, 0.717) is 25.8 Å². The van der Waals surface area contributed by atoms with Crippen molar-refractivity contribution in [1.82, 2.24) is 10.2 Å². The summed E-state index contributed by atoms with van der Waals surface area (Å²) >= 11 is 0. The van der Waals surface area contributed by atoms with Crippen LogP contribution in [0.15, 0.2) is 30.3 Å². The average Bonchev–Trinajstić information content (AvgIpc) is 2.88. The predicted molar refractivity (Wildman–Crippen MR) is 95.7 cm³/mol. The van der Waals surface area contributed by atoms with Crippen molar-refractivity contribution in [1.29, 1.82) is 0 Å². The van der Waals surface area contributed by atoms with E-state index >= 15 is 0 Å². The van der Waals surface area contributed by atoms with Crippen LogP contribution in [0.5, 0.6) is 0 Å². The molecule has 25 heavy (non-hydrogen) atoms. The predicted octanol–water partition coefficient (Wildman–Crippen LogP) is 2.41. The number of hydrogen-bond donors (Lipinski definition) is 2. The third-order valence-electron chi connectivity index (χ3n) is 5.67. The van der Waals surface area contributed by atoms with Gasteiger partial charge in [-0.3, -0.25) is 9.59 Å². The Labute approximate surface area is 149 Å². The minimum atomic E-state index is -0.844. The van der Waals surface area contributed by atoms with Gasteiger partial charge in [-0.25, -0.2) is 0 Å². The second-order valence-corrected chi connectivity index (χ2v) is 7.59. The van der Waals surface area contributed by atoms with Crippen molar-refractivity contribution < 1.29 is 14.7 Å². The third kappa shape index (κ3) is 4.21. The number of hydrogen-bond acceptors (Lipinski definition) is 3. The van der Waals surface area contributed by atoms with Crippen LogP contribution in [0.1, 0.15) is 56.6 Å². The topological polar surface area (TPSA) is 69.6 Å². The summed E-state index contributed by atoms with van der Waals surface area (Å²) in [7, 11) is 1.83. The van der Waals surface area contributed by atoms with Gasteiger partial charge < -0.3 is 15.3 Å².